The van der Waals surface area contributed by atoms with Crippen molar-refractivity contribution in [3.63, 3.8) is 0 Å². The molecule has 17 heavy (non-hydrogen) atoms. The summed E-state index contributed by atoms with van der Waals surface area (Å²) < 4.78 is 2.06. The molecule has 0 radical (unpaired) electrons. The first-order chi connectivity index (χ1) is 8.20. The van der Waals surface area contributed by atoms with Gasteiger partial charge in [0.2, 0.25) is 5.91 Å². The summed E-state index contributed by atoms with van der Waals surface area (Å²) in [6, 6.07) is 0.547. The minimum absolute atomic E-state index is 0.00973. The van der Waals surface area contributed by atoms with Gasteiger partial charge in [0.05, 0.1) is 11.7 Å². The van der Waals surface area contributed by atoms with E-state index in [9.17, 15) is 4.79 Å². The molecule has 1 aromatic rings. The van der Waals surface area contributed by atoms with Crippen LogP contribution in [-0.2, 0) is 11.3 Å². The lowest BCUT2D eigenvalue weighted by atomic mass is 10.2. The van der Waals surface area contributed by atoms with Gasteiger partial charge < -0.3 is 5.32 Å². The monoisotopic (exact) mass is 255 g/mol. The molecule has 94 valence electrons. The van der Waals surface area contributed by atoms with E-state index in [0.29, 0.717) is 12.6 Å². The molecule has 0 aromatic carbocycles. The van der Waals surface area contributed by atoms with Crippen LogP contribution >= 0.6 is 11.6 Å². The van der Waals surface area contributed by atoms with Crippen molar-refractivity contribution in [3.05, 3.63) is 17.5 Å². The number of hydrogen-bond donors (Lipinski definition) is 1. The first-order valence-electron chi connectivity index (χ1n) is 6.08. The van der Waals surface area contributed by atoms with E-state index in [2.05, 4.69) is 21.3 Å². The van der Waals surface area contributed by atoms with Crippen LogP contribution < -0.4 is 5.32 Å². The van der Waals surface area contributed by atoms with Crippen molar-refractivity contribution in [2.24, 2.45) is 0 Å². The largest absolute Gasteiger partial charge is 0.351 e. The van der Waals surface area contributed by atoms with Crippen LogP contribution in [0.15, 0.2) is 6.20 Å². The number of alkyl halides is 1. The van der Waals surface area contributed by atoms with Crippen LogP contribution in [0.25, 0.3) is 0 Å². The molecule has 0 atom stereocenters. The molecule has 1 N–H and O–H groups in total. The lowest BCUT2D eigenvalue weighted by Gasteiger charge is -2.08. The highest BCUT2D eigenvalue weighted by molar-refractivity contribution is 6.27. The summed E-state index contributed by atoms with van der Waals surface area (Å²) in [7, 11) is 0. The molecule has 1 fully saturated rings. The minimum Gasteiger partial charge on any atom is -0.351 e. The number of halogens is 1. The van der Waals surface area contributed by atoms with E-state index in [0.717, 1.165) is 11.3 Å². The van der Waals surface area contributed by atoms with Gasteiger partial charge in [0.15, 0.2) is 0 Å². The Hall–Kier alpha value is -1.03. The number of rotatable bonds is 4. The van der Waals surface area contributed by atoms with E-state index in [1.807, 2.05) is 6.92 Å². The molecule has 1 aromatic heterocycles. The fourth-order valence-electron chi connectivity index (χ4n) is 2.29. The third kappa shape index (κ3) is 3.00. The van der Waals surface area contributed by atoms with Gasteiger partial charge in [-0.3, -0.25) is 9.48 Å². The second kappa shape index (κ2) is 5.54. The third-order valence-corrected chi connectivity index (χ3v) is 3.56. The molecule has 4 nitrogen and oxygen atoms in total. The molecule has 1 heterocycles. The van der Waals surface area contributed by atoms with Crippen LogP contribution in [0, 0.1) is 6.92 Å². The van der Waals surface area contributed by atoms with Gasteiger partial charge in [-0.2, -0.15) is 5.10 Å². The highest BCUT2D eigenvalue weighted by Crippen LogP contribution is 2.29. The van der Waals surface area contributed by atoms with Gasteiger partial charge in [0.1, 0.15) is 5.88 Å². The van der Waals surface area contributed by atoms with Crippen LogP contribution in [0.4, 0.5) is 0 Å². The average Bonchev–Trinajstić information content (AvgIpc) is 2.95. The summed E-state index contributed by atoms with van der Waals surface area (Å²) >= 11 is 5.43. The Labute approximate surface area is 106 Å². The zero-order valence-electron chi connectivity index (χ0n) is 10.1. The fraction of sp³-hybridized carbons (Fsp3) is 0.667. The molecule has 0 saturated heterocycles. The maximum absolute atomic E-state index is 11.1. The van der Waals surface area contributed by atoms with Gasteiger partial charge in [0, 0.05) is 18.3 Å². The number of aryl methyl sites for hydroxylation is 1. The molecule has 5 heteroatoms. The first kappa shape index (κ1) is 12.4. The smallest absolute Gasteiger partial charge is 0.235 e. The summed E-state index contributed by atoms with van der Waals surface area (Å²) in [5.74, 6) is -0.129. The maximum atomic E-state index is 11.1. The van der Waals surface area contributed by atoms with E-state index in [-0.39, 0.29) is 11.8 Å². The van der Waals surface area contributed by atoms with Crippen LogP contribution in [0.1, 0.15) is 43.0 Å². The quantitative estimate of drug-likeness (QED) is 0.839. The van der Waals surface area contributed by atoms with Crippen molar-refractivity contribution in [2.45, 2.75) is 45.2 Å². The summed E-state index contributed by atoms with van der Waals surface area (Å²) in [5.41, 5.74) is 2.07. The number of nitrogens with one attached hydrogen (secondary N) is 1. The molecular formula is C12H18ClN3O. The number of aromatic nitrogens is 2. The lowest BCUT2D eigenvalue weighted by Crippen LogP contribution is -2.23. The highest BCUT2D eigenvalue weighted by atomic mass is 35.5. The number of carbonyl (C=O) groups is 1. The highest BCUT2D eigenvalue weighted by Gasteiger charge is 2.18. The van der Waals surface area contributed by atoms with Gasteiger partial charge in [-0.15, -0.1) is 11.6 Å². The predicted octanol–water partition coefficient (Wildman–Crippen LogP) is 2.16. The molecule has 1 aliphatic carbocycles. The van der Waals surface area contributed by atoms with Gasteiger partial charge in [-0.1, -0.05) is 12.8 Å². The van der Waals surface area contributed by atoms with Crippen molar-refractivity contribution in [2.75, 3.05) is 5.88 Å². The molecule has 2 rings (SSSR count). The molecular weight excluding hydrogens is 238 g/mol. The fourth-order valence-corrected chi connectivity index (χ4v) is 2.38. The Morgan fingerprint density at radius 2 is 2.29 bits per heavy atom. The number of hydrogen-bond acceptors (Lipinski definition) is 2. The average molecular weight is 256 g/mol. The SMILES string of the molecule is Cc1nn(C2CCCC2)cc1CNC(=O)CCl. The maximum Gasteiger partial charge on any atom is 0.235 e. The van der Waals surface area contributed by atoms with E-state index in [1.165, 1.54) is 25.7 Å². The Bertz CT molecular complexity index is 396. The number of carbonyl (C=O) groups excluding carboxylic acids is 1. The van der Waals surface area contributed by atoms with Gasteiger partial charge in [0.25, 0.3) is 0 Å². The predicted molar refractivity (Wildman–Crippen MR) is 67.0 cm³/mol. The Morgan fingerprint density at radius 1 is 1.59 bits per heavy atom. The van der Waals surface area contributed by atoms with Crippen LogP contribution in [0.2, 0.25) is 0 Å². The van der Waals surface area contributed by atoms with E-state index in [1.54, 1.807) is 0 Å². The summed E-state index contributed by atoms with van der Waals surface area (Å²) in [5, 5.41) is 7.30. The molecule has 0 aliphatic heterocycles. The summed E-state index contributed by atoms with van der Waals surface area (Å²) in [6.07, 6.45) is 7.08. The summed E-state index contributed by atoms with van der Waals surface area (Å²) in [6.45, 7) is 2.50. The van der Waals surface area contributed by atoms with Crippen molar-refractivity contribution in [1.29, 1.82) is 0 Å². The number of nitrogens with zero attached hydrogens (tertiary/aromatic N) is 2. The second-order valence-corrected chi connectivity index (χ2v) is 4.84. The standard InChI is InChI=1S/C12H18ClN3O/c1-9-10(7-14-12(17)6-13)8-16(15-9)11-4-2-3-5-11/h8,11H,2-7H2,1H3,(H,14,17). The second-order valence-electron chi connectivity index (χ2n) is 4.57. The summed E-state index contributed by atoms with van der Waals surface area (Å²) in [4.78, 5) is 11.1. The molecule has 0 bridgehead atoms. The van der Waals surface area contributed by atoms with Crippen molar-refractivity contribution in [3.8, 4) is 0 Å². The van der Waals surface area contributed by atoms with Crippen LogP contribution in [0.5, 0.6) is 0 Å². The number of amides is 1. The zero-order valence-corrected chi connectivity index (χ0v) is 10.8. The Morgan fingerprint density at radius 3 is 2.94 bits per heavy atom. The van der Waals surface area contributed by atoms with Crippen LogP contribution in [0.3, 0.4) is 0 Å². The van der Waals surface area contributed by atoms with Gasteiger partial charge in [-0.05, 0) is 19.8 Å². The molecule has 1 amide bonds. The van der Waals surface area contributed by atoms with Crippen molar-refractivity contribution >= 4 is 17.5 Å². The van der Waals surface area contributed by atoms with Crippen LogP contribution in [-0.4, -0.2) is 21.6 Å². The normalized spacial score (nSPS) is 16.4. The molecule has 0 unspecified atom stereocenters. The Kier molecular flexibility index (Phi) is 4.05. The van der Waals surface area contributed by atoms with Gasteiger partial charge >= 0.3 is 0 Å². The minimum atomic E-state index is -0.139. The molecule has 1 saturated carbocycles. The Balaban J connectivity index is 2.00. The zero-order chi connectivity index (χ0) is 12.3. The van der Waals surface area contributed by atoms with Crippen molar-refractivity contribution in [1.82, 2.24) is 15.1 Å². The van der Waals surface area contributed by atoms with Crippen molar-refractivity contribution < 1.29 is 4.79 Å². The lowest BCUT2D eigenvalue weighted by molar-refractivity contribution is -0.118. The third-order valence-electron chi connectivity index (χ3n) is 3.31. The topological polar surface area (TPSA) is 46.9 Å². The van der Waals surface area contributed by atoms with E-state index >= 15 is 0 Å². The molecule has 0 spiro atoms. The first-order valence-corrected chi connectivity index (χ1v) is 6.61. The van der Waals surface area contributed by atoms with Gasteiger partial charge in [-0.25, -0.2) is 0 Å². The van der Waals surface area contributed by atoms with E-state index < -0.39 is 0 Å². The van der Waals surface area contributed by atoms with E-state index in [4.69, 9.17) is 11.6 Å². The molecule has 1 aliphatic rings.